The van der Waals surface area contributed by atoms with E-state index in [1.54, 1.807) is 7.05 Å². The Bertz CT molecular complexity index is 183. The number of likely N-dealkylation sites (N-methyl/N-ethyl adjacent to an activating group) is 1. The fourth-order valence-corrected chi connectivity index (χ4v) is 0.695. The lowest BCUT2D eigenvalue weighted by molar-refractivity contribution is -0.147. The minimum absolute atomic E-state index is 0.0186. The highest BCUT2D eigenvalue weighted by Crippen LogP contribution is 1.88. The molecule has 13 heavy (non-hydrogen) atoms. The summed E-state index contributed by atoms with van der Waals surface area (Å²) in [5.41, 5.74) is 0. The third kappa shape index (κ3) is 6.06. The maximum Gasteiger partial charge on any atom is 0.332 e. The molecule has 0 radical (unpaired) electrons. The van der Waals surface area contributed by atoms with Gasteiger partial charge in [0.1, 0.15) is 0 Å². The number of carboxylic acids is 1. The lowest BCUT2D eigenvalue weighted by Gasteiger charge is -2.06. The molecule has 0 aliphatic rings. The van der Waals surface area contributed by atoms with Gasteiger partial charge in [0.15, 0.2) is 6.10 Å². The second-order valence-corrected chi connectivity index (χ2v) is 2.52. The molecule has 4 N–H and O–H groups in total. The van der Waals surface area contributed by atoms with Crippen molar-refractivity contribution in [3.05, 3.63) is 0 Å². The van der Waals surface area contributed by atoms with Crippen LogP contribution >= 0.6 is 0 Å². The van der Waals surface area contributed by atoms with Crippen molar-refractivity contribution in [2.24, 2.45) is 0 Å². The number of amides is 1. The quantitative estimate of drug-likeness (QED) is 0.394. The average molecular weight is 190 g/mol. The Kier molecular flexibility index (Phi) is 5.82. The van der Waals surface area contributed by atoms with Crippen LogP contribution in [0.4, 0.5) is 0 Å². The van der Waals surface area contributed by atoms with Gasteiger partial charge in [-0.05, 0) is 7.05 Å². The van der Waals surface area contributed by atoms with Crippen molar-refractivity contribution >= 4 is 11.9 Å². The number of nitrogens with one attached hydrogen (secondary N) is 2. The Balaban J connectivity index is 3.44. The predicted molar refractivity (Wildman–Crippen MR) is 45.2 cm³/mol. The third-order valence-electron chi connectivity index (χ3n) is 1.36. The molecule has 0 bridgehead atoms. The van der Waals surface area contributed by atoms with Crippen LogP contribution in [0.5, 0.6) is 0 Å². The van der Waals surface area contributed by atoms with Gasteiger partial charge in [-0.2, -0.15) is 0 Å². The van der Waals surface area contributed by atoms with Crippen molar-refractivity contribution in [1.82, 2.24) is 10.6 Å². The number of carbonyl (C=O) groups is 2. The molecule has 6 heteroatoms. The lowest BCUT2D eigenvalue weighted by atomic mass is 10.2. The number of aliphatic carboxylic acids is 1. The number of hydrogen-bond donors (Lipinski definition) is 4. The molecule has 76 valence electrons. The number of hydrogen-bond acceptors (Lipinski definition) is 4. The van der Waals surface area contributed by atoms with Crippen LogP contribution in [0.2, 0.25) is 0 Å². The monoisotopic (exact) mass is 190 g/mol. The molecule has 0 aromatic heterocycles. The van der Waals surface area contributed by atoms with Gasteiger partial charge < -0.3 is 20.8 Å². The summed E-state index contributed by atoms with van der Waals surface area (Å²) in [7, 11) is 1.63. The van der Waals surface area contributed by atoms with Gasteiger partial charge in [-0.3, -0.25) is 4.79 Å². The molecule has 0 aromatic carbocycles. The third-order valence-corrected chi connectivity index (χ3v) is 1.36. The van der Waals surface area contributed by atoms with Crippen LogP contribution in [0.15, 0.2) is 0 Å². The number of rotatable bonds is 6. The van der Waals surface area contributed by atoms with E-state index < -0.39 is 12.1 Å². The predicted octanol–water partition coefficient (Wildman–Crippen LogP) is -1.84. The minimum atomic E-state index is -1.41. The summed E-state index contributed by atoms with van der Waals surface area (Å²) in [4.78, 5) is 20.9. The Hall–Kier alpha value is -1.14. The van der Waals surface area contributed by atoms with Crippen molar-refractivity contribution in [3.8, 4) is 0 Å². The molecule has 0 heterocycles. The zero-order chi connectivity index (χ0) is 10.3. The highest BCUT2D eigenvalue weighted by molar-refractivity contribution is 5.78. The van der Waals surface area contributed by atoms with Crippen LogP contribution in [-0.2, 0) is 9.59 Å². The van der Waals surface area contributed by atoms with Crippen LogP contribution in [-0.4, -0.2) is 48.3 Å². The van der Waals surface area contributed by atoms with Gasteiger partial charge in [0.25, 0.3) is 0 Å². The van der Waals surface area contributed by atoms with E-state index in [2.05, 4.69) is 10.6 Å². The Morgan fingerprint density at radius 1 is 1.46 bits per heavy atom. The molecular weight excluding hydrogens is 176 g/mol. The Labute approximate surface area is 75.9 Å². The maximum absolute atomic E-state index is 10.8. The second-order valence-electron chi connectivity index (χ2n) is 2.52. The van der Waals surface area contributed by atoms with Crippen LogP contribution in [0.1, 0.15) is 6.42 Å². The highest BCUT2D eigenvalue weighted by atomic mass is 16.4. The summed E-state index contributed by atoms with van der Waals surface area (Å²) in [6, 6.07) is 0. The van der Waals surface area contributed by atoms with E-state index in [4.69, 9.17) is 10.2 Å². The topological polar surface area (TPSA) is 98.7 Å². The zero-order valence-electron chi connectivity index (χ0n) is 7.41. The molecule has 0 aromatic rings. The van der Waals surface area contributed by atoms with Crippen molar-refractivity contribution in [2.75, 3.05) is 20.1 Å². The molecule has 1 atom stereocenters. The van der Waals surface area contributed by atoms with Crippen LogP contribution in [0.3, 0.4) is 0 Å². The van der Waals surface area contributed by atoms with Gasteiger partial charge in [0.2, 0.25) is 5.91 Å². The summed E-state index contributed by atoms with van der Waals surface area (Å²) < 4.78 is 0. The summed E-state index contributed by atoms with van der Waals surface area (Å²) in [5.74, 6) is -1.50. The first kappa shape index (κ1) is 11.9. The largest absolute Gasteiger partial charge is 0.479 e. The summed E-state index contributed by atoms with van der Waals surface area (Å²) >= 11 is 0. The molecule has 0 aliphatic heterocycles. The number of aliphatic hydroxyl groups excluding tert-OH is 1. The summed E-state index contributed by atoms with van der Waals surface area (Å²) in [6.45, 7) is 0.344. The van der Waals surface area contributed by atoms with Gasteiger partial charge in [-0.1, -0.05) is 0 Å². The second kappa shape index (κ2) is 6.38. The first-order valence-electron chi connectivity index (χ1n) is 3.90. The fourth-order valence-electron chi connectivity index (χ4n) is 0.695. The molecule has 6 nitrogen and oxygen atoms in total. The van der Waals surface area contributed by atoms with Crippen molar-refractivity contribution in [3.63, 3.8) is 0 Å². The van der Waals surface area contributed by atoms with Crippen molar-refractivity contribution in [2.45, 2.75) is 12.5 Å². The molecule has 0 saturated heterocycles. The van der Waals surface area contributed by atoms with E-state index >= 15 is 0 Å². The number of carbonyl (C=O) groups excluding carboxylic acids is 1. The van der Waals surface area contributed by atoms with E-state index in [1.807, 2.05) is 0 Å². The first-order valence-corrected chi connectivity index (χ1v) is 3.90. The van der Waals surface area contributed by atoms with Crippen molar-refractivity contribution in [1.29, 1.82) is 0 Å². The number of carboxylic acid groups (broad SMARTS) is 1. The molecule has 0 rings (SSSR count). The number of aliphatic hydroxyl groups is 1. The smallest absolute Gasteiger partial charge is 0.332 e. The average Bonchev–Trinajstić information content (AvgIpc) is 2.04. The summed E-state index contributed by atoms with van der Waals surface area (Å²) in [5, 5.41) is 22.2. The zero-order valence-corrected chi connectivity index (χ0v) is 7.41. The molecular formula is C7H14N2O4. The SMILES string of the molecule is CNCC(=O)NCC[C@H](O)C(=O)O. The van der Waals surface area contributed by atoms with Crippen molar-refractivity contribution < 1.29 is 19.8 Å². The van der Waals surface area contributed by atoms with E-state index in [0.717, 1.165) is 0 Å². The van der Waals surface area contributed by atoms with Crippen LogP contribution in [0.25, 0.3) is 0 Å². The molecule has 0 aliphatic carbocycles. The standard InChI is InChI=1S/C7H14N2O4/c1-8-4-6(11)9-3-2-5(10)7(12)13/h5,8,10H,2-4H2,1H3,(H,9,11)(H,12,13)/t5-/m0/s1. The van der Waals surface area contributed by atoms with E-state index in [1.165, 1.54) is 0 Å². The minimum Gasteiger partial charge on any atom is -0.479 e. The molecule has 0 fully saturated rings. The van der Waals surface area contributed by atoms with Gasteiger partial charge in [0, 0.05) is 13.0 Å². The Morgan fingerprint density at radius 2 is 2.08 bits per heavy atom. The Morgan fingerprint density at radius 3 is 2.54 bits per heavy atom. The maximum atomic E-state index is 10.8. The fraction of sp³-hybridized carbons (Fsp3) is 0.714. The van der Waals surface area contributed by atoms with E-state index in [-0.39, 0.29) is 25.4 Å². The molecule has 0 saturated carbocycles. The molecule has 1 amide bonds. The van der Waals surface area contributed by atoms with Crippen LogP contribution in [0, 0.1) is 0 Å². The van der Waals surface area contributed by atoms with Gasteiger partial charge in [0.05, 0.1) is 6.54 Å². The first-order chi connectivity index (χ1) is 6.07. The lowest BCUT2D eigenvalue weighted by Crippen LogP contribution is -2.35. The van der Waals surface area contributed by atoms with Crippen LogP contribution < -0.4 is 10.6 Å². The molecule has 0 spiro atoms. The van der Waals surface area contributed by atoms with Gasteiger partial charge >= 0.3 is 5.97 Å². The molecule has 0 unspecified atom stereocenters. The van der Waals surface area contributed by atoms with E-state index in [9.17, 15) is 9.59 Å². The van der Waals surface area contributed by atoms with Gasteiger partial charge in [-0.15, -0.1) is 0 Å². The van der Waals surface area contributed by atoms with E-state index in [0.29, 0.717) is 0 Å². The normalized spacial score (nSPS) is 12.2. The summed E-state index contributed by atoms with van der Waals surface area (Å²) in [6.07, 6.45) is -1.39. The highest BCUT2D eigenvalue weighted by Gasteiger charge is 2.12. The van der Waals surface area contributed by atoms with Gasteiger partial charge in [-0.25, -0.2) is 4.79 Å².